The molecule has 0 bridgehead atoms. The third-order valence-electron chi connectivity index (χ3n) is 3.61. The van der Waals surface area contributed by atoms with E-state index < -0.39 is 0 Å². The Labute approximate surface area is 145 Å². The second kappa shape index (κ2) is 7.32. The molecule has 0 saturated heterocycles. The van der Waals surface area contributed by atoms with E-state index in [2.05, 4.69) is 5.32 Å². The van der Waals surface area contributed by atoms with E-state index in [1.165, 1.54) is 22.5 Å². The number of aryl methyl sites for hydroxylation is 2. The van der Waals surface area contributed by atoms with Crippen LogP contribution >= 0.6 is 11.3 Å². The van der Waals surface area contributed by atoms with Gasteiger partial charge in [0.1, 0.15) is 12.4 Å². The summed E-state index contributed by atoms with van der Waals surface area (Å²) in [5.41, 5.74) is 4.17. The fourth-order valence-electron chi connectivity index (χ4n) is 2.20. The van der Waals surface area contributed by atoms with E-state index in [0.717, 1.165) is 17.0 Å². The number of amides is 1. The van der Waals surface area contributed by atoms with Gasteiger partial charge in [-0.05, 0) is 49.6 Å². The Morgan fingerprint density at radius 2 is 1.62 bits per heavy atom. The zero-order valence-electron chi connectivity index (χ0n) is 13.7. The molecule has 1 amide bonds. The lowest BCUT2D eigenvalue weighted by molar-refractivity contribution is 0.103. The van der Waals surface area contributed by atoms with Crippen molar-refractivity contribution in [3.8, 4) is 5.75 Å². The number of carbonyl (C=O) groups excluding carboxylic acids is 1. The Balaban J connectivity index is 1.59. The van der Waals surface area contributed by atoms with Crippen LogP contribution in [0, 0.1) is 13.8 Å². The maximum atomic E-state index is 12.3. The van der Waals surface area contributed by atoms with Crippen molar-refractivity contribution in [2.75, 3.05) is 5.32 Å². The van der Waals surface area contributed by atoms with Crippen LogP contribution in [0.3, 0.4) is 0 Å². The van der Waals surface area contributed by atoms with Gasteiger partial charge in [-0.2, -0.15) is 0 Å². The van der Waals surface area contributed by atoms with E-state index in [1.54, 1.807) is 0 Å². The largest absolute Gasteiger partial charge is 0.489 e. The lowest BCUT2D eigenvalue weighted by Gasteiger charge is -2.05. The van der Waals surface area contributed by atoms with Gasteiger partial charge in [0.2, 0.25) is 0 Å². The van der Waals surface area contributed by atoms with Crippen LogP contribution < -0.4 is 10.1 Å². The summed E-state index contributed by atoms with van der Waals surface area (Å²) >= 11 is 1.43. The molecule has 3 nitrogen and oxygen atoms in total. The van der Waals surface area contributed by atoms with Gasteiger partial charge in [-0.1, -0.05) is 35.4 Å². The first kappa shape index (κ1) is 16.3. The summed E-state index contributed by atoms with van der Waals surface area (Å²) in [7, 11) is 0. The van der Waals surface area contributed by atoms with Gasteiger partial charge in [-0.25, -0.2) is 0 Å². The Bertz CT molecular complexity index is 820. The molecule has 0 atom stereocenters. The van der Waals surface area contributed by atoms with Gasteiger partial charge in [0.05, 0.1) is 4.88 Å². The zero-order valence-corrected chi connectivity index (χ0v) is 14.5. The molecule has 24 heavy (non-hydrogen) atoms. The van der Waals surface area contributed by atoms with E-state index >= 15 is 0 Å². The first-order valence-corrected chi connectivity index (χ1v) is 8.63. The molecule has 122 valence electrons. The minimum atomic E-state index is -0.0922. The molecule has 0 saturated carbocycles. The van der Waals surface area contributed by atoms with E-state index in [-0.39, 0.29) is 5.91 Å². The molecule has 0 aliphatic rings. The monoisotopic (exact) mass is 337 g/mol. The van der Waals surface area contributed by atoms with Crippen LogP contribution in [0.4, 0.5) is 5.69 Å². The molecule has 0 spiro atoms. The fourth-order valence-corrected chi connectivity index (χ4v) is 2.99. The third-order valence-corrected chi connectivity index (χ3v) is 4.59. The van der Waals surface area contributed by atoms with E-state index in [9.17, 15) is 4.79 Å². The van der Waals surface area contributed by atoms with Crippen LogP contribution in [-0.4, -0.2) is 5.91 Å². The highest BCUT2D eigenvalue weighted by molar-refractivity contribution is 7.12. The molecule has 0 fully saturated rings. The van der Waals surface area contributed by atoms with Gasteiger partial charge in [0, 0.05) is 11.3 Å². The van der Waals surface area contributed by atoms with Crippen molar-refractivity contribution in [1.29, 1.82) is 0 Å². The number of rotatable bonds is 5. The van der Waals surface area contributed by atoms with Crippen molar-refractivity contribution >= 4 is 22.9 Å². The number of hydrogen-bond donors (Lipinski definition) is 1. The van der Waals surface area contributed by atoms with Crippen molar-refractivity contribution in [2.45, 2.75) is 20.5 Å². The molecule has 1 N–H and O–H groups in total. The first-order valence-electron chi connectivity index (χ1n) is 7.75. The number of ether oxygens (including phenoxy) is 1. The van der Waals surface area contributed by atoms with Crippen LogP contribution in [0.25, 0.3) is 0 Å². The van der Waals surface area contributed by atoms with Crippen molar-refractivity contribution in [1.82, 2.24) is 0 Å². The molecule has 2 aromatic carbocycles. The van der Waals surface area contributed by atoms with Crippen LogP contribution in [0.5, 0.6) is 5.75 Å². The fraction of sp³-hybridized carbons (Fsp3) is 0.150. The number of carbonyl (C=O) groups is 1. The van der Waals surface area contributed by atoms with Crippen molar-refractivity contribution < 1.29 is 9.53 Å². The van der Waals surface area contributed by atoms with E-state index in [0.29, 0.717) is 11.5 Å². The quantitative estimate of drug-likeness (QED) is 0.695. The van der Waals surface area contributed by atoms with Gasteiger partial charge in [-0.3, -0.25) is 4.79 Å². The maximum absolute atomic E-state index is 12.3. The molecule has 0 aliphatic heterocycles. The smallest absolute Gasteiger partial charge is 0.265 e. The summed E-state index contributed by atoms with van der Waals surface area (Å²) in [6, 6.07) is 17.6. The predicted octanol–water partition coefficient (Wildman–Crippen LogP) is 5.20. The van der Waals surface area contributed by atoms with Gasteiger partial charge >= 0.3 is 0 Å². The van der Waals surface area contributed by atoms with Crippen LogP contribution in [-0.2, 0) is 6.61 Å². The Morgan fingerprint density at radius 3 is 2.29 bits per heavy atom. The van der Waals surface area contributed by atoms with E-state index in [1.807, 2.05) is 73.8 Å². The van der Waals surface area contributed by atoms with E-state index in [4.69, 9.17) is 4.74 Å². The number of anilines is 1. The second-order valence-corrected chi connectivity index (χ2v) is 6.65. The van der Waals surface area contributed by atoms with Crippen LogP contribution in [0.1, 0.15) is 26.4 Å². The topological polar surface area (TPSA) is 38.3 Å². The summed E-state index contributed by atoms with van der Waals surface area (Å²) < 4.78 is 5.75. The molecule has 0 radical (unpaired) electrons. The van der Waals surface area contributed by atoms with Crippen molar-refractivity contribution in [3.63, 3.8) is 0 Å². The van der Waals surface area contributed by atoms with Gasteiger partial charge < -0.3 is 10.1 Å². The molecule has 0 unspecified atom stereocenters. The molecule has 0 aliphatic carbocycles. The summed E-state index contributed by atoms with van der Waals surface area (Å²) in [5, 5.41) is 4.87. The lowest BCUT2D eigenvalue weighted by atomic mass is 10.2. The molecular formula is C20H19NO2S. The molecule has 3 rings (SSSR count). The van der Waals surface area contributed by atoms with Crippen molar-refractivity contribution in [2.24, 2.45) is 0 Å². The number of nitrogens with one attached hydrogen (secondary N) is 1. The highest BCUT2D eigenvalue weighted by Crippen LogP contribution is 2.20. The normalized spacial score (nSPS) is 10.4. The Kier molecular flexibility index (Phi) is 4.96. The third kappa shape index (κ3) is 4.24. The van der Waals surface area contributed by atoms with Gasteiger partial charge in [-0.15, -0.1) is 11.3 Å². The lowest BCUT2D eigenvalue weighted by Crippen LogP contribution is -2.10. The van der Waals surface area contributed by atoms with Crippen LogP contribution in [0.2, 0.25) is 0 Å². The second-order valence-electron chi connectivity index (χ2n) is 5.74. The maximum Gasteiger partial charge on any atom is 0.265 e. The number of thiophene rings is 1. The number of hydrogen-bond acceptors (Lipinski definition) is 3. The molecule has 1 aromatic heterocycles. The zero-order chi connectivity index (χ0) is 16.9. The van der Waals surface area contributed by atoms with Gasteiger partial charge in [0.15, 0.2) is 0 Å². The minimum absolute atomic E-state index is 0.0922. The van der Waals surface area contributed by atoms with Crippen LogP contribution in [0.15, 0.2) is 60.0 Å². The standard InChI is InChI=1S/C20H19NO2S/c1-14-3-7-17(8-4-14)21-20(22)19-11-16(13-24-19)12-23-18-9-5-15(2)6-10-18/h3-11,13H,12H2,1-2H3,(H,21,22). The first-order chi connectivity index (χ1) is 11.6. The molecular weight excluding hydrogens is 318 g/mol. The van der Waals surface area contributed by atoms with Crippen molar-refractivity contribution in [3.05, 3.63) is 81.5 Å². The predicted molar refractivity (Wildman–Crippen MR) is 99.0 cm³/mol. The SMILES string of the molecule is Cc1ccc(NC(=O)c2cc(COc3ccc(C)cc3)cs2)cc1. The Hall–Kier alpha value is -2.59. The minimum Gasteiger partial charge on any atom is -0.489 e. The average molecular weight is 337 g/mol. The highest BCUT2D eigenvalue weighted by Gasteiger charge is 2.10. The highest BCUT2D eigenvalue weighted by atomic mass is 32.1. The number of benzene rings is 2. The summed E-state index contributed by atoms with van der Waals surface area (Å²) in [4.78, 5) is 13.0. The molecule has 1 heterocycles. The molecule has 3 aromatic rings. The average Bonchev–Trinajstić information content (AvgIpc) is 3.06. The summed E-state index contributed by atoms with van der Waals surface area (Å²) in [5.74, 6) is 0.739. The summed E-state index contributed by atoms with van der Waals surface area (Å²) in [6.45, 7) is 4.52. The molecule has 4 heteroatoms. The Morgan fingerprint density at radius 1 is 1.00 bits per heavy atom. The summed E-state index contributed by atoms with van der Waals surface area (Å²) in [6.07, 6.45) is 0. The van der Waals surface area contributed by atoms with Gasteiger partial charge in [0.25, 0.3) is 5.91 Å².